The van der Waals surface area contributed by atoms with Crippen molar-refractivity contribution >= 4 is 5.91 Å². The minimum absolute atomic E-state index is 0.0463. The molecule has 0 spiro atoms. The first kappa shape index (κ1) is 15.8. The molecule has 1 aliphatic rings. The first-order valence-electron chi connectivity index (χ1n) is 7.72. The van der Waals surface area contributed by atoms with Gasteiger partial charge in [-0.15, -0.1) is 0 Å². The summed E-state index contributed by atoms with van der Waals surface area (Å²) in [7, 11) is 0. The Morgan fingerprint density at radius 3 is 2.43 bits per heavy atom. The number of rotatable bonds is 5. The van der Waals surface area contributed by atoms with Crippen LogP contribution in [0.15, 0.2) is 24.3 Å². The minimum Gasteiger partial charge on any atom is -0.491 e. The Morgan fingerprint density at radius 1 is 1.24 bits per heavy atom. The fourth-order valence-electron chi connectivity index (χ4n) is 2.76. The van der Waals surface area contributed by atoms with Crippen molar-refractivity contribution in [1.29, 1.82) is 0 Å². The summed E-state index contributed by atoms with van der Waals surface area (Å²) in [6, 6.07) is 7.70. The molecule has 0 aliphatic heterocycles. The number of aliphatic hydroxyl groups excluding tert-OH is 1. The van der Waals surface area contributed by atoms with Crippen LogP contribution in [0, 0.1) is 5.92 Å². The van der Waals surface area contributed by atoms with Gasteiger partial charge in [-0.1, -0.05) is 12.1 Å². The van der Waals surface area contributed by atoms with Crippen LogP contribution < -0.4 is 10.1 Å². The second-order valence-electron chi connectivity index (χ2n) is 6.07. The Kier molecular flexibility index (Phi) is 5.23. The highest BCUT2D eigenvalue weighted by molar-refractivity contribution is 5.80. The molecule has 1 aromatic rings. The summed E-state index contributed by atoms with van der Waals surface area (Å²) >= 11 is 0. The van der Waals surface area contributed by atoms with Crippen molar-refractivity contribution in [2.75, 3.05) is 0 Å². The maximum atomic E-state index is 12.2. The fourth-order valence-corrected chi connectivity index (χ4v) is 2.76. The second-order valence-corrected chi connectivity index (χ2v) is 6.07. The number of nitrogens with one attached hydrogen (secondary N) is 1. The summed E-state index contributed by atoms with van der Waals surface area (Å²) in [4.78, 5) is 12.2. The van der Waals surface area contributed by atoms with Crippen LogP contribution in [0.4, 0.5) is 0 Å². The molecule has 3 atom stereocenters. The molecule has 1 fully saturated rings. The van der Waals surface area contributed by atoms with Gasteiger partial charge in [-0.2, -0.15) is 0 Å². The van der Waals surface area contributed by atoms with Crippen molar-refractivity contribution in [1.82, 2.24) is 5.32 Å². The standard InChI is InChI=1S/C17H25NO3/c1-11(2)21-14-9-7-13(8-10-14)12(3)18-17(20)15-5-4-6-16(15)19/h7-12,15-16,19H,4-6H2,1-3H3,(H,18,20). The van der Waals surface area contributed by atoms with Gasteiger partial charge < -0.3 is 15.2 Å². The average Bonchev–Trinajstić information content (AvgIpc) is 2.85. The zero-order chi connectivity index (χ0) is 15.4. The van der Waals surface area contributed by atoms with Crippen molar-refractivity contribution < 1.29 is 14.6 Å². The van der Waals surface area contributed by atoms with Crippen LogP contribution in [-0.4, -0.2) is 23.2 Å². The Bertz CT molecular complexity index is 469. The lowest BCUT2D eigenvalue weighted by Crippen LogP contribution is -2.36. The molecule has 4 heteroatoms. The van der Waals surface area contributed by atoms with Crippen molar-refractivity contribution in [3.63, 3.8) is 0 Å². The Morgan fingerprint density at radius 2 is 1.90 bits per heavy atom. The molecule has 2 N–H and O–H groups in total. The Balaban J connectivity index is 1.93. The van der Waals surface area contributed by atoms with E-state index in [2.05, 4.69) is 5.32 Å². The summed E-state index contributed by atoms with van der Waals surface area (Å²) in [5.74, 6) is 0.532. The van der Waals surface area contributed by atoms with E-state index >= 15 is 0 Å². The first-order chi connectivity index (χ1) is 9.97. The van der Waals surface area contributed by atoms with Gasteiger partial charge in [0.2, 0.25) is 5.91 Å². The minimum atomic E-state index is -0.487. The van der Waals surface area contributed by atoms with Crippen molar-refractivity contribution in [2.24, 2.45) is 5.92 Å². The summed E-state index contributed by atoms with van der Waals surface area (Å²) < 4.78 is 5.60. The third-order valence-electron chi connectivity index (χ3n) is 3.93. The topological polar surface area (TPSA) is 58.6 Å². The fraction of sp³-hybridized carbons (Fsp3) is 0.588. The van der Waals surface area contributed by atoms with Crippen LogP contribution in [0.3, 0.4) is 0 Å². The third kappa shape index (κ3) is 4.21. The van der Waals surface area contributed by atoms with Crippen LogP contribution in [0.25, 0.3) is 0 Å². The zero-order valence-electron chi connectivity index (χ0n) is 13.0. The summed E-state index contributed by atoms with van der Waals surface area (Å²) in [5, 5.41) is 12.8. The lowest BCUT2D eigenvalue weighted by atomic mass is 10.0. The molecule has 0 aromatic heterocycles. The van der Waals surface area contributed by atoms with E-state index in [1.807, 2.05) is 45.0 Å². The van der Waals surface area contributed by atoms with Gasteiger partial charge in [0.05, 0.1) is 24.2 Å². The molecule has 0 radical (unpaired) electrons. The van der Waals surface area contributed by atoms with Crippen molar-refractivity contribution in [2.45, 2.75) is 58.3 Å². The number of carbonyl (C=O) groups is 1. The highest BCUT2D eigenvalue weighted by atomic mass is 16.5. The number of hydrogen-bond acceptors (Lipinski definition) is 3. The maximum Gasteiger partial charge on any atom is 0.226 e. The number of aliphatic hydroxyl groups is 1. The van der Waals surface area contributed by atoms with Gasteiger partial charge in [0.15, 0.2) is 0 Å². The van der Waals surface area contributed by atoms with Crippen LogP contribution >= 0.6 is 0 Å². The molecule has 0 bridgehead atoms. The summed E-state index contributed by atoms with van der Waals surface area (Å²) in [5.41, 5.74) is 1.03. The number of carbonyl (C=O) groups excluding carboxylic acids is 1. The molecule has 116 valence electrons. The van der Waals surface area contributed by atoms with E-state index in [4.69, 9.17) is 4.74 Å². The molecule has 21 heavy (non-hydrogen) atoms. The molecular formula is C17H25NO3. The number of hydrogen-bond donors (Lipinski definition) is 2. The van der Waals surface area contributed by atoms with E-state index in [1.165, 1.54) is 0 Å². The molecule has 3 unspecified atom stereocenters. The van der Waals surface area contributed by atoms with Crippen LogP contribution in [0.1, 0.15) is 51.6 Å². The molecule has 2 rings (SSSR count). The largest absolute Gasteiger partial charge is 0.491 e. The van der Waals surface area contributed by atoms with E-state index in [0.29, 0.717) is 0 Å². The number of benzene rings is 1. The SMILES string of the molecule is CC(C)Oc1ccc(C(C)NC(=O)C2CCCC2O)cc1. The molecule has 1 aromatic carbocycles. The molecular weight excluding hydrogens is 266 g/mol. The zero-order valence-corrected chi connectivity index (χ0v) is 13.0. The van der Waals surface area contributed by atoms with Gasteiger partial charge in [-0.05, 0) is 57.7 Å². The molecule has 0 heterocycles. The molecule has 4 nitrogen and oxygen atoms in total. The van der Waals surface area contributed by atoms with Crippen molar-refractivity contribution in [3.8, 4) is 5.75 Å². The number of ether oxygens (including phenoxy) is 1. The maximum absolute atomic E-state index is 12.2. The number of amides is 1. The molecule has 0 saturated heterocycles. The van der Waals surface area contributed by atoms with E-state index in [0.717, 1.165) is 30.6 Å². The normalized spacial score (nSPS) is 23.1. The van der Waals surface area contributed by atoms with E-state index in [9.17, 15) is 9.90 Å². The van der Waals surface area contributed by atoms with Gasteiger partial charge in [0.1, 0.15) is 5.75 Å². The van der Waals surface area contributed by atoms with E-state index in [-0.39, 0.29) is 24.0 Å². The highest BCUT2D eigenvalue weighted by Gasteiger charge is 2.31. The van der Waals surface area contributed by atoms with Crippen molar-refractivity contribution in [3.05, 3.63) is 29.8 Å². The van der Waals surface area contributed by atoms with Gasteiger partial charge in [-0.25, -0.2) is 0 Å². The molecule has 1 aliphatic carbocycles. The van der Waals surface area contributed by atoms with Gasteiger partial charge in [0, 0.05) is 0 Å². The average molecular weight is 291 g/mol. The lowest BCUT2D eigenvalue weighted by Gasteiger charge is -2.20. The third-order valence-corrected chi connectivity index (χ3v) is 3.93. The lowest BCUT2D eigenvalue weighted by molar-refractivity contribution is -0.128. The van der Waals surface area contributed by atoms with Crippen LogP contribution in [0.2, 0.25) is 0 Å². The molecule has 1 amide bonds. The van der Waals surface area contributed by atoms with E-state index < -0.39 is 6.10 Å². The smallest absolute Gasteiger partial charge is 0.226 e. The van der Waals surface area contributed by atoms with Gasteiger partial charge in [-0.3, -0.25) is 4.79 Å². The summed E-state index contributed by atoms with van der Waals surface area (Å²) in [6.45, 7) is 5.94. The van der Waals surface area contributed by atoms with Gasteiger partial charge in [0.25, 0.3) is 0 Å². The Hall–Kier alpha value is -1.55. The first-order valence-corrected chi connectivity index (χ1v) is 7.72. The monoisotopic (exact) mass is 291 g/mol. The van der Waals surface area contributed by atoms with Crippen LogP contribution in [-0.2, 0) is 4.79 Å². The van der Waals surface area contributed by atoms with E-state index in [1.54, 1.807) is 0 Å². The van der Waals surface area contributed by atoms with Crippen LogP contribution in [0.5, 0.6) is 5.75 Å². The summed E-state index contributed by atoms with van der Waals surface area (Å²) in [6.07, 6.45) is 2.10. The highest BCUT2D eigenvalue weighted by Crippen LogP contribution is 2.26. The van der Waals surface area contributed by atoms with Gasteiger partial charge >= 0.3 is 0 Å². The quantitative estimate of drug-likeness (QED) is 0.877. The predicted octanol–water partition coefficient (Wildman–Crippen LogP) is 2.81. The predicted molar refractivity (Wildman–Crippen MR) is 82.1 cm³/mol. The molecule has 1 saturated carbocycles. The Labute approximate surface area is 126 Å². The second kappa shape index (κ2) is 6.94.